The van der Waals surface area contributed by atoms with E-state index in [-0.39, 0.29) is 12.4 Å². The van der Waals surface area contributed by atoms with E-state index in [1.54, 1.807) is 0 Å². The molecule has 0 radical (unpaired) electrons. The fourth-order valence-corrected chi connectivity index (χ4v) is 3.15. The Morgan fingerprint density at radius 1 is 1.19 bits per heavy atom. The molecule has 0 amide bonds. The van der Waals surface area contributed by atoms with Gasteiger partial charge in [-0.15, -0.1) is 23.7 Å². The maximum Gasteiger partial charge on any atom is 0.0302 e. The number of hydrogen-bond acceptors (Lipinski definition) is 2. The van der Waals surface area contributed by atoms with Gasteiger partial charge in [0.1, 0.15) is 0 Å². The molecule has 2 rings (SSSR count). The first-order chi connectivity index (χ1) is 7.34. The van der Waals surface area contributed by atoms with Crippen LogP contribution in [0.3, 0.4) is 0 Å². The summed E-state index contributed by atoms with van der Waals surface area (Å²) < 4.78 is 0. The first-order valence-corrected chi connectivity index (χ1v) is 6.95. The zero-order chi connectivity index (χ0) is 10.5. The van der Waals surface area contributed by atoms with Crippen molar-refractivity contribution < 1.29 is 0 Å². The zero-order valence-electron chi connectivity index (χ0n) is 10.00. The fourth-order valence-electron chi connectivity index (χ4n) is 2.31. The summed E-state index contributed by atoms with van der Waals surface area (Å²) in [4.78, 5) is 2.91. The molecule has 0 aromatic carbocycles. The molecule has 1 saturated carbocycles. The van der Waals surface area contributed by atoms with Crippen LogP contribution >= 0.6 is 23.7 Å². The minimum Gasteiger partial charge on any atom is -0.309 e. The van der Waals surface area contributed by atoms with E-state index in [1.165, 1.54) is 48.3 Å². The Morgan fingerprint density at radius 3 is 2.44 bits per heavy atom. The summed E-state index contributed by atoms with van der Waals surface area (Å²) in [6.45, 7) is 3.25. The first kappa shape index (κ1) is 14.0. The number of hydrogen-bond donors (Lipinski definition) is 1. The second-order valence-corrected chi connectivity index (χ2v) is 5.95. The molecular formula is C13H22ClNS. The second-order valence-electron chi connectivity index (χ2n) is 4.58. The average Bonchev–Trinajstić information content (AvgIpc) is 2.52. The quantitative estimate of drug-likeness (QED) is 0.799. The van der Waals surface area contributed by atoms with Crippen molar-refractivity contribution in [1.29, 1.82) is 0 Å². The summed E-state index contributed by atoms with van der Waals surface area (Å²) in [6.07, 6.45) is 8.48. The van der Waals surface area contributed by atoms with Crippen molar-refractivity contribution in [3.63, 3.8) is 0 Å². The Hall–Kier alpha value is -0.0500. The SMILES string of the molecule is Cc1ccc(CNC2CCCCCC2)s1.Cl. The lowest BCUT2D eigenvalue weighted by Gasteiger charge is -2.15. The minimum absolute atomic E-state index is 0. The molecule has 0 aliphatic heterocycles. The summed E-state index contributed by atoms with van der Waals surface area (Å²) >= 11 is 1.92. The van der Waals surface area contributed by atoms with Crippen LogP contribution in [0.15, 0.2) is 12.1 Å². The van der Waals surface area contributed by atoms with Gasteiger partial charge in [-0.05, 0) is 31.9 Å². The van der Waals surface area contributed by atoms with Gasteiger partial charge in [-0.1, -0.05) is 25.7 Å². The summed E-state index contributed by atoms with van der Waals surface area (Å²) in [6, 6.07) is 5.24. The van der Waals surface area contributed by atoms with E-state index in [2.05, 4.69) is 24.4 Å². The number of rotatable bonds is 3. The van der Waals surface area contributed by atoms with E-state index in [9.17, 15) is 0 Å². The third-order valence-corrected chi connectivity index (χ3v) is 4.22. The monoisotopic (exact) mass is 259 g/mol. The predicted octanol–water partition coefficient (Wildman–Crippen LogP) is 4.29. The Morgan fingerprint density at radius 2 is 1.88 bits per heavy atom. The molecule has 3 heteroatoms. The molecule has 1 aliphatic carbocycles. The molecule has 1 nitrogen and oxygen atoms in total. The van der Waals surface area contributed by atoms with Gasteiger partial charge in [-0.25, -0.2) is 0 Å². The number of aryl methyl sites for hydroxylation is 1. The Kier molecular flexibility index (Phi) is 6.40. The van der Waals surface area contributed by atoms with Crippen molar-refractivity contribution >= 4 is 23.7 Å². The summed E-state index contributed by atoms with van der Waals surface area (Å²) in [5.74, 6) is 0. The third-order valence-electron chi connectivity index (χ3n) is 3.22. The maximum atomic E-state index is 3.70. The van der Waals surface area contributed by atoms with Crippen molar-refractivity contribution in [2.75, 3.05) is 0 Å². The first-order valence-electron chi connectivity index (χ1n) is 6.13. The summed E-state index contributed by atoms with van der Waals surface area (Å²) in [5, 5.41) is 3.70. The van der Waals surface area contributed by atoms with E-state index in [1.807, 2.05) is 11.3 Å². The standard InChI is InChI=1S/C13H21NS.ClH/c1-11-8-9-13(15-11)10-14-12-6-4-2-3-5-7-12;/h8-9,12,14H,2-7,10H2,1H3;1H. The molecule has 16 heavy (non-hydrogen) atoms. The van der Waals surface area contributed by atoms with Crippen LogP contribution in [0.25, 0.3) is 0 Å². The van der Waals surface area contributed by atoms with Crippen LogP contribution in [0.4, 0.5) is 0 Å². The molecular weight excluding hydrogens is 238 g/mol. The molecule has 1 aromatic rings. The fraction of sp³-hybridized carbons (Fsp3) is 0.692. The van der Waals surface area contributed by atoms with E-state index in [4.69, 9.17) is 0 Å². The summed E-state index contributed by atoms with van der Waals surface area (Å²) in [5.41, 5.74) is 0. The van der Waals surface area contributed by atoms with Gasteiger partial charge < -0.3 is 5.32 Å². The molecule has 1 N–H and O–H groups in total. The Balaban J connectivity index is 0.00000128. The van der Waals surface area contributed by atoms with Crippen LogP contribution in [0.1, 0.15) is 48.3 Å². The minimum atomic E-state index is 0. The van der Waals surface area contributed by atoms with Crippen LogP contribution in [0.2, 0.25) is 0 Å². The molecule has 0 bridgehead atoms. The normalized spacial score (nSPS) is 17.8. The predicted molar refractivity (Wildman–Crippen MR) is 74.6 cm³/mol. The van der Waals surface area contributed by atoms with Gasteiger partial charge in [0.05, 0.1) is 0 Å². The van der Waals surface area contributed by atoms with Crippen molar-refractivity contribution in [2.24, 2.45) is 0 Å². The van der Waals surface area contributed by atoms with Gasteiger partial charge in [0, 0.05) is 22.3 Å². The number of halogens is 1. The van der Waals surface area contributed by atoms with Gasteiger partial charge in [-0.3, -0.25) is 0 Å². The van der Waals surface area contributed by atoms with Gasteiger partial charge >= 0.3 is 0 Å². The number of thiophene rings is 1. The van der Waals surface area contributed by atoms with Crippen molar-refractivity contribution in [3.05, 3.63) is 21.9 Å². The molecule has 1 aromatic heterocycles. The van der Waals surface area contributed by atoms with Gasteiger partial charge in [0.15, 0.2) is 0 Å². The zero-order valence-corrected chi connectivity index (χ0v) is 11.6. The maximum absolute atomic E-state index is 3.70. The van der Waals surface area contributed by atoms with E-state index in [0.717, 1.165) is 12.6 Å². The Bertz CT molecular complexity index is 290. The molecule has 92 valence electrons. The van der Waals surface area contributed by atoms with Crippen molar-refractivity contribution in [2.45, 2.75) is 58.0 Å². The molecule has 1 aliphatic rings. The molecule has 0 atom stereocenters. The highest BCUT2D eigenvalue weighted by atomic mass is 35.5. The molecule has 0 spiro atoms. The topological polar surface area (TPSA) is 12.0 Å². The molecule has 1 fully saturated rings. The largest absolute Gasteiger partial charge is 0.309 e. The van der Waals surface area contributed by atoms with E-state index in [0.29, 0.717) is 0 Å². The van der Waals surface area contributed by atoms with Crippen molar-refractivity contribution in [3.8, 4) is 0 Å². The molecule has 0 unspecified atom stereocenters. The second kappa shape index (κ2) is 7.31. The van der Waals surface area contributed by atoms with Crippen LogP contribution in [-0.4, -0.2) is 6.04 Å². The lowest BCUT2D eigenvalue weighted by molar-refractivity contribution is 0.461. The van der Waals surface area contributed by atoms with Crippen LogP contribution in [0.5, 0.6) is 0 Å². The highest BCUT2D eigenvalue weighted by Gasteiger charge is 2.11. The lowest BCUT2D eigenvalue weighted by atomic mass is 10.1. The highest BCUT2D eigenvalue weighted by molar-refractivity contribution is 7.11. The highest BCUT2D eigenvalue weighted by Crippen LogP contribution is 2.19. The smallest absolute Gasteiger partial charge is 0.0302 e. The van der Waals surface area contributed by atoms with Gasteiger partial charge in [0.2, 0.25) is 0 Å². The third kappa shape index (κ3) is 4.44. The van der Waals surface area contributed by atoms with Crippen LogP contribution < -0.4 is 5.32 Å². The van der Waals surface area contributed by atoms with Gasteiger partial charge in [-0.2, -0.15) is 0 Å². The van der Waals surface area contributed by atoms with Crippen LogP contribution in [-0.2, 0) is 6.54 Å². The van der Waals surface area contributed by atoms with Crippen LogP contribution in [0, 0.1) is 6.92 Å². The Labute approximate surface area is 109 Å². The summed E-state index contributed by atoms with van der Waals surface area (Å²) in [7, 11) is 0. The van der Waals surface area contributed by atoms with Crippen molar-refractivity contribution in [1.82, 2.24) is 5.32 Å². The van der Waals surface area contributed by atoms with E-state index >= 15 is 0 Å². The average molecular weight is 260 g/mol. The van der Waals surface area contributed by atoms with Gasteiger partial charge in [0.25, 0.3) is 0 Å². The molecule has 1 heterocycles. The molecule has 0 saturated heterocycles. The lowest BCUT2D eigenvalue weighted by Crippen LogP contribution is -2.27. The number of nitrogens with one attached hydrogen (secondary N) is 1. The van der Waals surface area contributed by atoms with E-state index < -0.39 is 0 Å².